The van der Waals surface area contributed by atoms with E-state index in [2.05, 4.69) is 10.6 Å². The number of carboxylic acid groups (broad SMARTS) is 1. The van der Waals surface area contributed by atoms with Gasteiger partial charge in [0, 0.05) is 25.9 Å². The van der Waals surface area contributed by atoms with Crippen molar-refractivity contribution in [1.82, 2.24) is 20.4 Å². The molecule has 2 aliphatic heterocycles. The van der Waals surface area contributed by atoms with Crippen LogP contribution in [0.5, 0.6) is 0 Å². The summed E-state index contributed by atoms with van der Waals surface area (Å²) in [6.45, 7) is 4.67. The van der Waals surface area contributed by atoms with Gasteiger partial charge in [0.1, 0.15) is 6.04 Å². The maximum Gasteiger partial charge on any atom is 0.413 e. The molecule has 3 N–H and O–H groups in total. The average molecular weight is 463 g/mol. The van der Waals surface area contributed by atoms with Crippen molar-refractivity contribution in [2.24, 2.45) is 0 Å². The number of hydrogen-bond donors (Lipinski definition) is 3. The molecule has 2 fully saturated rings. The molecule has 0 bridgehead atoms. The van der Waals surface area contributed by atoms with Gasteiger partial charge in [0.25, 0.3) is 0 Å². The fourth-order valence-corrected chi connectivity index (χ4v) is 4.81. The Balaban J connectivity index is 1.78. The number of piperidine rings is 1. The Morgan fingerprint density at radius 3 is 2.50 bits per heavy atom. The SMILES string of the molecule is CCOC(=O)NC(=S)N1CCC2(CC1)NC(Cc1ccccc1)C(=O)N2C(CC)C(=O)O. The molecule has 10 heteroatoms. The zero-order valence-electron chi connectivity index (χ0n) is 18.4. The molecule has 2 saturated heterocycles. The van der Waals surface area contributed by atoms with Gasteiger partial charge in [-0.1, -0.05) is 37.3 Å². The standard InChI is InChI=1S/C22H30N4O5S/c1-3-17(19(28)29)26-18(27)16(14-15-8-6-5-7-9-15)24-22(26)10-12-25(13-11-22)20(32)23-21(30)31-4-2/h5-9,16-17,24H,3-4,10-14H2,1-2H3,(H,28,29)(H,23,30,32). The number of ether oxygens (including phenoxy) is 1. The molecule has 0 aliphatic carbocycles. The fourth-order valence-electron chi connectivity index (χ4n) is 4.54. The Kier molecular flexibility index (Phi) is 7.68. The summed E-state index contributed by atoms with van der Waals surface area (Å²) in [6.07, 6.45) is 1.17. The van der Waals surface area contributed by atoms with Gasteiger partial charge in [-0.3, -0.25) is 15.4 Å². The Morgan fingerprint density at radius 1 is 1.28 bits per heavy atom. The largest absolute Gasteiger partial charge is 0.480 e. The van der Waals surface area contributed by atoms with Crippen molar-refractivity contribution < 1.29 is 24.2 Å². The van der Waals surface area contributed by atoms with Gasteiger partial charge in [0.15, 0.2) is 5.11 Å². The Bertz CT molecular complexity index is 857. The predicted octanol–water partition coefficient (Wildman–Crippen LogP) is 1.72. The maximum absolute atomic E-state index is 13.4. The van der Waals surface area contributed by atoms with Gasteiger partial charge in [-0.15, -0.1) is 0 Å². The van der Waals surface area contributed by atoms with Crippen LogP contribution in [0.4, 0.5) is 4.79 Å². The van der Waals surface area contributed by atoms with Gasteiger partial charge in [0.05, 0.1) is 18.3 Å². The highest BCUT2D eigenvalue weighted by molar-refractivity contribution is 7.80. The molecule has 2 atom stereocenters. The summed E-state index contributed by atoms with van der Waals surface area (Å²) in [5, 5.41) is 16.1. The molecule has 0 radical (unpaired) electrons. The van der Waals surface area contributed by atoms with Crippen molar-refractivity contribution in [1.29, 1.82) is 0 Å². The lowest BCUT2D eigenvalue weighted by Crippen LogP contribution is -2.63. The van der Waals surface area contributed by atoms with E-state index >= 15 is 0 Å². The van der Waals surface area contributed by atoms with Crippen LogP contribution in [-0.2, 0) is 20.7 Å². The third kappa shape index (κ3) is 5.02. The number of alkyl carbamates (subject to hydrolysis) is 1. The number of aliphatic carboxylic acids is 1. The lowest BCUT2D eigenvalue weighted by Gasteiger charge is -2.46. The van der Waals surface area contributed by atoms with E-state index in [1.807, 2.05) is 35.2 Å². The van der Waals surface area contributed by atoms with Crippen LogP contribution in [0.15, 0.2) is 30.3 Å². The summed E-state index contributed by atoms with van der Waals surface area (Å²) in [5.41, 5.74) is 0.238. The second-order valence-corrected chi connectivity index (χ2v) is 8.41. The number of carboxylic acids is 1. The highest BCUT2D eigenvalue weighted by Gasteiger charge is 2.55. The van der Waals surface area contributed by atoms with Crippen LogP contribution < -0.4 is 10.6 Å². The molecule has 2 heterocycles. The number of likely N-dealkylation sites (tertiary alicyclic amines) is 1. The second-order valence-electron chi connectivity index (χ2n) is 8.03. The molecule has 1 spiro atoms. The lowest BCUT2D eigenvalue weighted by molar-refractivity contribution is -0.154. The third-order valence-electron chi connectivity index (χ3n) is 6.07. The summed E-state index contributed by atoms with van der Waals surface area (Å²) < 4.78 is 4.88. The predicted molar refractivity (Wildman–Crippen MR) is 122 cm³/mol. The third-order valence-corrected chi connectivity index (χ3v) is 6.43. The van der Waals surface area contributed by atoms with Crippen LogP contribution in [0, 0.1) is 0 Å². The zero-order chi connectivity index (χ0) is 23.3. The number of amides is 2. The van der Waals surface area contributed by atoms with E-state index in [1.54, 1.807) is 18.7 Å². The van der Waals surface area contributed by atoms with Crippen molar-refractivity contribution in [3.8, 4) is 0 Å². The number of hydrogen-bond acceptors (Lipinski definition) is 6. The van der Waals surface area contributed by atoms with E-state index in [0.717, 1.165) is 5.56 Å². The monoisotopic (exact) mass is 462 g/mol. The molecule has 32 heavy (non-hydrogen) atoms. The highest BCUT2D eigenvalue weighted by atomic mass is 32.1. The van der Waals surface area contributed by atoms with Gasteiger partial charge in [-0.05, 0) is 37.5 Å². The van der Waals surface area contributed by atoms with E-state index < -0.39 is 29.8 Å². The summed E-state index contributed by atoms with van der Waals surface area (Å²) in [7, 11) is 0. The van der Waals surface area contributed by atoms with E-state index in [4.69, 9.17) is 17.0 Å². The van der Waals surface area contributed by atoms with Crippen LogP contribution in [0.1, 0.15) is 38.7 Å². The molecule has 1 aromatic rings. The first-order chi connectivity index (χ1) is 15.3. The molecule has 174 valence electrons. The Morgan fingerprint density at radius 2 is 1.94 bits per heavy atom. The number of benzene rings is 1. The van der Waals surface area contributed by atoms with Gasteiger partial charge < -0.3 is 19.6 Å². The van der Waals surface area contributed by atoms with Crippen molar-refractivity contribution in [3.63, 3.8) is 0 Å². The van der Waals surface area contributed by atoms with E-state index in [-0.39, 0.29) is 17.6 Å². The highest BCUT2D eigenvalue weighted by Crippen LogP contribution is 2.36. The Hall–Kier alpha value is -2.72. The first-order valence-electron chi connectivity index (χ1n) is 10.9. The maximum atomic E-state index is 13.4. The number of carbonyl (C=O) groups is 3. The molecule has 2 amide bonds. The second kappa shape index (κ2) is 10.3. The first kappa shape index (κ1) is 23.9. The quantitative estimate of drug-likeness (QED) is 0.548. The normalized spacial score (nSPS) is 20.8. The van der Waals surface area contributed by atoms with Crippen molar-refractivity contribution in [2.45, 2.75) is 57.3 Å². The number of nitrogens with zero attached hydrogens (tertiary/aromatic N) is 2. The zero-order valence-corrected chi connectivity index (χ0v) is 19.2. The van der Waals surface area contributed by atoms with Gasteiger partial charge in [-0.2, -0.15) is 0 Å². The summed E-state index contributed by atoms with van der Waals surface area (Å²) >= 11 is 5.32. The molecule has 1 aromatic carbocycles. The first-order valence-corrected chi connectivity index (χ1v) is 11.3. The smallest absolute Gasteiger partial charge is 0.413 e. The van der Waals surface area contributed by atoms with Crippen LogP contribution in [0.25, 0.3) is 0 Å². The minimum absolute atomic E-state index is 0.191. The minimum atomic E-state index is -1.01. The van der Waals surface area contributed by atoms with Crippen LogP contribution >= 0.6 is 12.2 Å². The summed E-state index contributed by atoms with van der Waals surface area (Å²) in [6, 6.07) is 8.27. The number of thiocarbonyl (C=S) groups is 1. The van der Waals surface area contributed by atoms with Crippen LogP contribution in [0.3, 0.4) is 0 Å². The van der Waals surface area contributed by atoms with E-state index in [0.29, 0.717) is 38.8 Å². The van der Waals surface area contributed by atoms with Gasteiger partial charge in [0.2, 0.25) is 5.91 Å². The molecular formula is C22H30N4O5S. The average Bonchev–Trinajstić information content (AvgIpc) is 3.01. The number of carbonyl (C=O) groups excluding carboxylic acids is 2. The van der Waals surface area contributed by atoms with Gasteiger partial charge >= 0.3 is 12.1 Å². The molecule has 2 unspecified atom stereocenters. The summed E-state index contributed by atoms with van der Waals surface area (Å²) in [4.78, 5) is 40.5. The van der Waals surface area contributed by atoms with Crippen molar-refractivity contribution in [3.05, 3.63) is 35.9 Å². The molecule has 3 rings (SSSR count). The van der Waals surface area contributed by atoms with Crippen LogP contribution in [-0.4, -0.2) is 75.4 Å². The van der Waals surface area contributed by atoms with Crippen molar-refractivity contribution in [2.75, 3.05) is 19.7 Å². The van der Waals surface area contributed by atoms with E-state index in [1.165, 1.54) is 0 Å². The molecule has 9 nitrogen and oxygen atoms in total. The van der Waals surface area contributed by atoms with Crippen molar-refractivity contribution >= 4 is 35.3 Å². The fraction of sp³-hybridized carbons (Fsp3) is 0.545. The number of rotatable bonds is 6. The lowest BCUT2D eigenvalue weighted by atomic mass is 9.94. The molecule has 0 saturated carbocycles. The minimum Gasteiger partial charge on any atom is -0.480 e. The molecule has 0 aromatic heterocycles. The van der Waals surface area contributed by atoms with Gasteiger partial charge in [-0.25, -0.2) is 9.59 Å². The number of nitrogens with one attached hydrogen (secondary N) is 2. The Labute approximate surface area is 193 Å². The summed E-state index contributed by atoms with van der Waals surface area (Å²) in [5.74, 6) is -1.20. The molecular weight excluding hydrogens is 432 g/mol. The molecule has 2 aliphatic rings. The van der Waals surface area contributed by atoms with E-state index in [9.17, 15) is 19.5 Å². The van der Waals surface area contributed by atoms with Crippen LogP contribution in [0.2, 0.25) is 0 Å². The topological polar surface area (TPSA) is 111 Å².